The van der Waals surface area contributed by atoms with E-state index in [9.17, 15) is 9.59 Å². The van der Waals surface area contributed by atoms with E-state index in [1.807, 2.05) is 0 Å². The van der Waals surface area contributed by atoms with Crippen molar-refractivity contribution in [1.82, 2.24) is 15.5 Å². The second kappa shape index (κ2) is 6.68. The van der Waals surface area contributed by atoms with Gasteiger partial charge >= 0.3 is 0 Å². The van der Waals surface area contributed by atoms with Gasteiger partial charge in [0.2, 0.25) is 11.8 Å². The molecule has 4 aliphatic rings. The van der Waals surface area contributed by atoms with Gasteiger partial charge in [-0.3, -0.25) is 19.5 Å². The van der Waals surface area contributed by atoms with Gasteiger partial charge in [-0.2, -0.15) is 0 Å². The summed E-state index contributed by atoms with van der Waals surface area (Å²) in [5.74, 6) is 1.20. The number of nitrogens with one attached hydrogen (secondary N) is 2. The molecule has 2 N–H and O–H groups in total. The summed E-state index contributed by atoms with van der Waals surface area (Å²) in [6.07, 6.45) is 5.96. The number of allylic oxidation sites excluding steroid dienone is 2. The number of carbonyl (C=O) groups excluding carboxylic acids is 2. The molecule has 4 rings (SSSR count). The third-order valence-electron chi connectivity index (χ3n) is 6.22. The van der Waals surface area contributed by atoms with E-state index in [1.54, 1.807) is 7.05 Å². The van der Waals surface area contributed by atoms with Gasteiger partial charge in [-0.25, -0.2) is 0 Å². The Morgan fingerprint density at radius 2 is 1.88 bits per heavy atom. The van der Waals surface area contributed by atoms with Crippen LogP contribution in [0.5, 0.6) is 0 Å². The minimum Gasteiger partial charge on any atom is -0.380 e. The van der Waals surface area contributed by atoms with E-state index < -0.39 is 0 Å². The van der Waals surface area contributed by atoms with Crippen molar-refractivity contribution in [3.8, 4) is 0 Å². The van der Waals surface area contributed by atoms with E-state index >= 15 is 0 Å². The lowest BCUT2D eigenvalue weighted by Gasteiger charge is -2.38. The van der Waals surface area contributed by atoms with Crippen molar-refractivity contribution in [2.75, 3.05) is 39.9 Å². The summed E-state index contributed by atoms with van der Waals surface area (Å²) in [5, 5.41) is 6.57. The van der Waals surface area contributed by atoms with E-state index in [0.29, 0.717) is 13.1 Å². The molecule has 7 nitrogen and oxygen atoms in total. The molecule has 0 aromatic carbocycles. The SMILES string of the molecule is CN=C(NCCCN1C(=O)C2C3C=CC(C3)C2C1=O)NCC1(C)COC1. The predicted molar refractivity (Wildman–Crippen MR) is 97.3 cm³/mol. The molecule has 26 heavy (non-hydrogen) atoms. The Hall–Kier alpha value is -1.89. The summed E-state index contributed by atoms with van der Waals surface area (Å²) in [5.41, 5.74) is 0.178. The average molecular weight is 360 g/mol. The number of fused-ring (bicyclic) bond motifs is 5. The molecular weight excluding hydrogens is 332 g/mol. The van der Waals surface area contributed by atoms with Crippen LogP contribution in [0, 0.1) is 29.1 Å². The van der Waals surface area contributed by atoms with E-state index in [1.165, 1.54) is 4.90 Å². The van der Waals surface area contributed by atoms with Gasteiger partial charge in [0.25, 0.3) is 0 Å². The van der Waals surface area contributed by atoms with Crippen molar-refractivity contribution in [1.29, 1.82) is 0 Å². The van der Waals surface area contributed by atoms with Crippen LogP contribution in [0.4, 0.5) is 0 Å². The Bertz CT molecular complexity index is 625. The highest BCUT2D eigenvalue weighted by Gasteiger charge is 2.58. The first-order chi connectivity index (χ1) is 12.5. The molecule has 2 saturated heterocycles. The number of carbonyl (C=O) groups is 2. The molecule has 0 aromatic heterocycles. The van der Waals surface area contributed by atoms with Gasteiger partial charge in [0, 0.05) is 32.1 Å². The first-order valence-corrected chi connectivity index (χ1v) is 9.58. The number of aliphatic imine (C=N–C) groups is 1. The van der Waals surface area contributed by atoms with Crippen molar-refractivity contribution >= 4 is 17.8 Å². The molecule has 142 valence electrons. The number of hydrogen-bond acceptors (Lipinski definition) is 4. The van der Waals surface area contributed by atoms with Crippen molar-refractivity contribution < 1.29 is 14.3 Å². The zero-order valence-electron chi connectivity index (χ0n) is 15.5. The zero-order chi connectivity index (χ0) is 18.3. The fraction of sp³-hybridized carbons (Fsp3) is 0.737. The lowest BCUT2D eigenvalue weighted by Crippen LogP contribution is -2.51. The van der Waals surface area contributed by atoms with Crippen LogP contribution in [0.25, 0.3) is 0 Å². The Balaban J connectivity index is 1.21. The standard InChI is InChI=1S/C19H28N4O3/c1-19(10-26-11-19)9-22-18(20-2)21-6-3-7-23-16(24)14-12-4-5-13(8-12)15(14)17(23)25/h4-5,12-15H,3,6-11H2,1-2H3,(H2,20,21,22). The quantitative estimate of drug-likeness (QED) is 0.235. The second-order valence-corrected chi connectivity index (χ2v) is 8.34. The van der Waals surface area contributed by atoms with Gasteiger partial charge < -0.3 is 15.4 Å². The lowest BCUT2D eigenvalue weighted by molar-refractivity contribution is -0.140. The summed E-state index contributed by atoms with van der Waals surface area (Å²) in [7, 11) is 1.74. The number of imide groups is 1. The minimum atomic E-state index is -0.0923. The fourth-order valence-corrected chi connectivity index (χ4v) is 4.70. The Labute approximate surface area is 154 Å². The first-order valence-electron chi connectivity index (χ1n) is 9.58. The minimum absolute atomic E-state index is 0.0391. The molecule has 0 aromatic rings. The third kappa shape index (κ3) is 2.92. The van der Waals surface area contributed by atoms with Crippen molar-refractivity contribution in [3.63, 3.8) is 0 Å². The molecule has 2 bridgehead atoms. The lowest BCUT2D eigenvalue weighted by atomic mass is 9.85. The molecule has 4 atom stereocenters. The van der Waals surface area contributed by atoms with Crippen molar-refractivity contribution in [2.24, 2.45) is 34.1 Å². The summed E-state index contributed by atoms with van der Waals surface area (Å²) < 4.78 is 5.26. The van der Waals surface area contributed by atoms with Gasteiger partial charge in [0.1, 0.15) is 0 Å². The normalized spacial score (nSPS) is 34.2. The topological polar surface area (TPSA) is 83.0 Å². The van der Waals surface area contributed by atoms with Crippen LogP contribution in [0.3, 0.4) is 0 Å². The Morgan fingerprint density at radius 1 is 1.23 bits per heavy atom. The van der Waals surface area contributed by atoms with Crippen molar-refractivity contribution in [2.45, 2.75) is 19.8 Å². The van der Waals surface area contributed by atoms with Crippen LogP contribution in [-0.4, -0.2) is 62.6 Å². The molecule has 2 aliphatic carbocycles. The van der Waals surface area contributed by atoms with E-state index in [0.717, 1.165) is 38.6 Å². The number of amides is 2. The van der Waals surface area contributed by atoms with E-state index in [-0.39, 0.29) is 40.9 Å². The maximum atomic E-state index is 12.6. The largest absolute Gasteiger partial charge is 0.380 e. The van der Waals surface area contributed by atoms with Crippen LogP contribution in [0.15, 0.2) is 17.1 Å². The highest BCUT2D eigenvalue weighted by Crippen LogP contribution is 2.52. The summed E-state index contributed by atoms with van der Waals surface area (Å²) in [4.78, 5) is 31.0. The Kier molecular flexibility index (Phi) is 4.50. The smallest absolute Gasteiger partial charge is 0.233 e. The molecule has 0 spiro atoms. The molecule has 4 unspecified atom stereocenters. The summed E-state index contributed by atoms with van der Waals surface area (Å²) in [6.45, 7) is 5.70. The third-order valence-corrected chi connectivity index (χ3v) is 6.22. The number of hydrogen-bond donors (Lipinski definition) is 2. The molecular formula is C19H28N4O3. The zero-order valence-corrected chi connectivity index (χ0v) is 15.5. The van der Waals surface area contributed by atoms with Gasteiger partial charge in [0.15, 0.2) is 5.96 Å². The molecule has 7 heteroatoms. The maximum absolute atomic E-state index is 12.6. The second-order valence-electron chi connectivity index (χ2n) is 8.34. The molecule has 1 saturated carbocycles. The number of nitrogens with zero attached hydrogens (tertiary/aromatic N) is 2. The monoisotopic (exact) mass is 360 g/mol. The molecule has 2 amide bonds. The number of rotatable bonds is 6. The van der Waals surface area contributed by atoms with Crippen LogP contribution in [-0.2, 0) is 14.3 Å². The first kappa shape index (κ1) is 17.5. The average Bonchev–Trinajstić information content (AvgIpc) is 3.28. The molecule has 3 fully saturated rings. The summed E-state index contributed by atoms with van der Waals surface area (Å²) >= 11 is 0. The van der Waals surface area contributed by atoms with Crippen LogP contribution >= 0.6 is 0 Å². The van der Waals surface area contributed by atoms with Gasteiger partial charge in [0.05, 0.1) is 25.0 Å². The molecule has 2 aliphatic heterocycles. The predicted octanol–water partition coefficient (Wildman–Crippen LogP) is 0.385. The van der Waals surface area contributed by atoms with E-state index in [2.05, 4.69) is 34.7 Å². The van der Waals surface area contributed by atoms with E-state index in [4.69, 9.17) is 4.74 Å². The number of ether oxygens (including phenoxy) is 1. The fourth-order valence-electron chi connectivity index (χ4n) is 4.70. The van der Waals surface area contributed by atoms with Crippen LogP contribution in [0.1, 0.15) is 19.8 Å². The van der Waals surface area contributed by atoms with Crippen molar-refractivity contribution in [3.05, 3.63) is 12.2 Å². The number of likely N-dealkylation sites (tertiary alicyclic amines) is 1. The van der Waals surface area contributed by atoms with Crippen LogP contribution in [0.2, 0.25) is 0 Å². The highest BCUT2D eigenvalue weighted by atomic mass is 16.5. The highest BCUT2D eigenvalue weighted by molar-refractivity contribution is 6.06. The molecule has 0 radical (unpaired) electrons. The maximum Gasteiger partial charge on any atom is 0.233 e. The Morgan fingerprint density at radius 3 is 2.42 bits per heavy atom. The van der Waals surface area contributed by atoms with Gasteiger partial charge in [-0.15, -0.1) is 0 Å². The number of guanidine groups is 1. The van der Waals surface area contributed by atoms with Gasteiger partial charge in [-0.1, -0.05) is 19.1 Å². The van der Waals surface area contributed by atoms with Gasteiger partial charge in [-0.05, 0) is 24.7 Å². The summed E-state index contributed by atoms with van der Waals surface area (Å²) in [6, 6.07) is 0. The molecule has 2 heterocycles. The van der Waals surface area contributed by atoms with Crippen LogP contribution < -0.4 is 10.6 Å².